The summed E-state index contributed by atoms with van der Waals surface area (Å²) in [6, 6.07) is 17.2. The van der Waals surface area contributed by atoms with Crippen molar-refractivity contribution in [1.29, 1.82) is 0 Å². The molecular weight excluding hydrogens is 334 g/mol. The van der Waals surface area contributed by atoms with Gasteiger partial charge in [0.05, 0.1) is 12.8 Å². The van der Waals surface area contributed by atoms with E-state index in [1.165, 1.54) is 17.7 Å². The zero-order chi connectivity index (χ0) is 18.3. The van der Waals surface area contributed by atoms with Crippen LogP contribution >= 0.6 is 0 Å². The van der Waals surface area contributed by atoms with E-state index in [1.807, 2.05) is 6.07 Å². The number of esters is 1. The summed E-state index contributed by atoms with van der Waals surface area (Å²) in [5.74, 6) is -0.790. The maximum absolute atomic E-state index is 13.0. The van der Waals surface area contributed by atoms with Gasteiger partial charge in [0.15, 0.2) is 0 Å². The Morgan fingerprint density at radius 3 is 2.27 bits per heavy atom. The number of hydrogen-bond donors (Lipinski definition) is 0. The van der Waals surface area contributed by atoms with E-state index < -0.39 is 11.6 Å². The van der Waals surface area contributed by atoms with Gasteiger partial charge >= 0.3 is 11.6 Å². The Labute approximate surface area is 146 Å². The van der Waals surface area contributed by atoms with Gasteiger partial charge in [0.1, 0.15) is 5.56 Å². The van der Waals surface area contributed by atoms with E-state index in [1.54, 1.807) is 48.5 Å². The molecule has 26 heavy (non-hydrogen) atoms. The van der Waals surface area contributed by atoms with E-state index in [0.717, 1.165) is 0 Å². The number of aromatic nitrogens is 1. The van der Waals surface area contributed by atoms with E-state index in [4.69, 9.17) is 4.42 Å². The van der Waals surface area contributed by atoms with Crippen molar-refractivity contribution in [3.8, 4) is 5.69 Å². The van der Waals surface area contributed by atoms with Crippen LogP contribution in [0.3, 0.4) is 0 Å². The predicted molar refractivity (Wildman–Crippen MR) is 96.9 cm³/mol. The summed E-state index contributed by atoms with van der Waals surface area (Å²) in [6.45, 7) is 0. The van der Waals surface area contributed by atoms with Crippen LogP contribution in [0.1, 0.15) is 10.4 Å². The Morgan fingerprint density at radius 2 is 1.58 bits per heavy atom. The van der Waals surface area contributed by atoms with Crippen molar-refractivity contribution in [3.63, 3.8) is 0 Å². The number of para-hydroxylation sites is 1. The third kappa shape index (κ3) is 2.31. The van der Waals surface area contributed by atoms with E-state index in [2.05, 4.69) is 4.74 Å². The first-order chi connectivity index (χ1) is 12.6. The van der Waals surface area contributed by atoms with Crippen molar-refractivity contribution in [2.75, 3.05) is 7.11 Å². The van der Waals surface area contributed by atoms with Crippen LogP contribution in [0.4, 0.5) is 0 Å². The van der Waals surface area contributed by atoms with Gasteiger partial charge in [0, 0.05) is 10.8 Å². The molecule has 0 fully saturated rings. The lowest BCUT2D eigenvalue weighted by Gasteiger charge is -2.12. The Morgan fingerprint density at radius 1 is 0.923 bits per heavy atom. The lowest BCUT2D eigenvalue weighted by molar-refractivity contribution is 0.0596. The third-order valence-corrected chi connectivity index (χ3v) is 4.20. The molecule has 4 rings (SSSR count). The Bertz CT molecular complexity index is 1270. The number of nitrogens with zero attached hydrogens (tertiary/aromatic N) is 1. The number of carbonyl (C=O) groups is 1. The van der Waals surface area contributed by atoms with Crippen LogP contribution in [0.25, 0.3) is 27.6 Å². The van der Waals surface area contributed by atoms with Crippen molar-refractivity contribution in [2.45, 2.75) is 0 Å². The highest BCUT2D eigenvalue weighted by Gasteiger charge is 2.19. The molecule has 0 aliphatic heterocycles. The van der Waals surface area contributed by atoms with Gasteiger partial charge in [-0.2, -0.15) is 0 Å². The zero-order valence-corrected chi connectivity index (χ0v) is 13.8. The molecular formula is C20H13NO5. The van der Waals surface area contributed by atoms with Gasteiger partial charge < -0.3 is 9.15 Å². The van der Waals surface area contributed by atoms with E-state index in [0.29, 0.717) is 21.8 Å². The van der Waals surface area contributed by atoms with Crippen LogP contribution in [0.5, 0.6) is 0 Å². The molecule has 2 heterocycles. The molecule has 128 valence electrons. The fraction of sp³-hybridized carbons (Fsp3) is 0.0500. The molecule has 2 aromatic carbocycles. The minimum Gasteiger partial charge on any atom is -0.465 e. The summed E-state index contributed by atoms with van der Waals surface area (Å²) < 4.78 is 11.4. The summed E-state index contributed by atoms with van der Waals surface area (Å²) in [5, 5.41) is 1.52. The van der Waals surface area contributed by atoms with Gasteiger partial charge in [-0.3, -0.25) is 4.79 Å². The number of fused-ring (bicyclic) bond motifs is 3. The lowest BCUT2D eigenvalue weighted by Crippen LogP contribution is -2.22. The fourth-order valence-electron chi connectivity index (χ4n) is 3.00. The molecule has 4 aromatic rings. The molecule has 0 amide bonds. The number of rotatable bonds is 2. The highest BCUT2D eigenvalue weighted by molar-refractivity contribution is 6.06. The zero-order valence-electron chi connectivity index (χ0n) is 13.8. The first kappa shape index (κ1) is 15.8. The number of hydrogen-bond acceptors (Lipinski definition) is 5. The summed E-state index contributed by atoms with van der Waals surface area (Å²) in [4.78, 5) is 37.2. The maximum Gasteiger partial charge on any atom is 0.352 e. The monoisotopic (exact) mass is 347 g/mol. The van der Waals surface area contributed by atoms with E-state index >= 15 is 0 Å². The van der Waals surface area contributed by atoms with Crippen LogP contribution in [0.15, 0.2) is 74.7 Å². The maximum atomic E-state index is 13.0. The lowest BCUT2D eigenvalue weighted by atomic mass is 10.1. The molecule has 0 atom stereocenters. The van der Waals surface area contributed by atoms with Crippen molar-refractivity contribution in [1.82, 2.24) is 4.57 Å². The number of pyridine rings is 1. The number of benzene rings is 2. The highest BCUT2D eigenvalue weighted by atomic mass is 16.5. The molecule has 0 aliphatic carbocycles. The second-order valence-corrected chi connectivity index (χ2v) is 5.68. The second kappa shape index (κ2) is 6.00. The molecule has 0 spiro atoms. The molecule has 0 unspecified atom stereocenters. The fourth-order valence-corrected chi connectivity index (χ4v) is 3.00. The summed E-state index contributed by atoms with van der Waals surface area (Å²) in [7, 11) is 1.19. The molecule has 6 nitrogen and oxygen atoms in total. The third-order valence-electron chi connectivity index (χ3n) is 4.20. The predicted octanol–water partition coefficient (Wildman–Crippen LogP) is 2.88. The van der Waals surface area contributed by atoms with Crippen molar-refractivity contribution < 1.29 is 13.9 Å². The average Bonchev–Trinajstić information content (AvgIpc) is 2.68. The van der Waals surface area contributed by atoms with Gasteiger partial charge in [-0.1, -0.05) is 36.4 Å². The van der Waals surface area contributed by atoms with Gasteiger partial charge in [0.2, 0.25) is 5.71 Å². The first-order valence-corrected chi connectivity index (χ1v) is 7.87. The Balaban J connectivity index is 2.25. The van der Waals surface area contributed by atoms with Gasteiger partial charge in [-0.15, -0.1) is 0 Å². The highest BCUT2D eigenvalue weighted by Crippen LogP contribution is 2.24. The normalized spacial score (nSPS) is 11.0. The molecule has 6 heteroatoms. The van der Waals surface area contributed by atoms with Gasteiger partial charge in [-0.25, -0.2) is 14.2 Å². The number of ether oxygens (including phenoxy) is 1. The largest absolute Gasteiger partial charge is 0.465 e. The summed E-state index contributed by atoms with van der Waals surface area (Å²) >= 11 is 0. The Kier molecular flexibility index (Phi) is 3.65. The first-order valence-electron chi connectivity index (χ1n) is 7.87. The van der Waals surface area contributed by atoms with Crippen LogP contribution in [-0.2, 0) is 4.74 Å². The topological polar surface area (TPSA) is 78.5 Å². The van der Waals surface area contributed by atoms with Crippen LogP contribution in [0.2, 0.25) is 0 Å². The van der Waals surface area contributed by atoms with Crippen molar-refractivity contribution in [2.24, 2.45) is 0 Å². The summed E-state index contributed by atoms with van der Waals surface area (Å²) in [6.07, 6.45) is 0. The van der Waals surface area contributed by atoms with Crippen LogP contribution in [-0.4, -0.2) is 17.6 Å². The summed E-state index contributed by atoms with van der Waals surface area (Å²) in [5.41, 5.74) is -0.750. The number of carbonyl (C=O) groups excluding carboxylic acids is 1. The SMILES string of the molecule is COC(=O)c1cc2c3ccccc3c(=O)n(-c3ccccc3)c2oc1=O. The molecule has 2 aromatic heterocycles. The molecule has 0 N–H and O–H groups in total. The molecule has 0 bridgehead atoms. The Hall–Kier alpha value is -3.67. The van der Waals surface area contributed by atoms with Crippen LogP contribution < -0.4 is 11.2 Å². The second-order valence-electron chi connectivity index (χ2n) is 5.68. The number of methoxy groups -OCH3 is 1. The molecule has 0 saturated heterocycles. The van der Waals surface area contributed by atoms with Gasteiger partial charge in [0.25, 0.3) is 5.56 Å². The standard InChI is InChI=1S/C20H13NO5/c1-25-19(23)16-11-15-13-9-5-6-10-14(13)17(22)21(18(15)26-20(16)24)12-7-3-2-4-8-12/h2-11H,1H3. The van der Waals surface area contributed by atoms with Gasteiger partial charge in [-0.05, 0) is 29.7 Å². The molecule has 0 radical (unpaired) electrons. The minimum atomic E-state index is -0.858. The quantitative estimate of drug-likeness (QED) is 0.411. The molecule has 0 aliphatic rings. The van der Waals surface area contributed by atoms with Crippen molar-refractivity contribution >= 4 is 27.8 Å². The molecule has 0 saturated carbocycles. The van der Waals surface area contributed by atoms with Crippen molar-refractivity contribution in [3.05, 3.63) is 87.0 Å². The van der Waals surface area contributed by atoms with Crippen LogP contribution in [0, 0.1) is 0 Å². The van der Waals surface area contributed by atoms with E-state index in [-0.39, 0.29) is 16.8 Å². The smallest absolute Gasteiger partial charge is 0.352 e. The van der Waals surface area contributed by atoms with E-state index in [9.17, 15) is 14.4 Å². The average molecular weight is 347 g/mol. The minimum absolute atomic E-state index is 0.0811.